The summed E-state index contributed by atoms with van der Waals surface area (Å²) in [5.74, 6) is -1.01. The van der Waals surface area contributed by atoms with Crippen molar-refractivity contribution < 1.29 is 17.6 Å². The van der Waals surface area contributed by atoms with Crippen molar-refractivity contribution in [3.63, 3.8) is 0 Å². The Morgan fingerprint density at radius 1 is 1.36 bits per heavy atom. The van der Waals surface area contributed by atoms with Gasteiger partial charge >= 0.3 is 0 Å². The van der Waals surface area contributed by atoms with Gasteiger partial charge in [-0.2, -0.15) is 4.72 Å². The summed E-state index contributed by atoms with van der Waals surface area (Å²) in [6.07, 6.45) is 0. The van der Waals surface area contributed by atoms with Crippen LogP contribution in [-0.2, 0) is 21.4 Å². The molecule has 22 heavy (non-hydrogen) atoms. The van der Waals surface area contributed by atoms with Crippen LogP contribution in [-0.4, -0.2) is 25.4 Å². The third-order valence-corrected chi connectivity index (χ3v) is 4.97. The number of carbonyl (C=O) groups is 1. The molecule has 0 saturated carbocycles. The van der Waals surface area contributed by atoms with E-state index in [9.17, 15) is 17.6 Å². The highest BCUT2D eigenvalue weighted by Crippen LogP contribution is 2.10. The van der Waals surface area contributed by atoms with E-state index in [4.69, 9.17) is 0 Å². The molecule has 1 aromatic heterocycles. The number of nitrogens with one attached hydrogen (secondary N) is 2. The molecule has 0 aliphatic heterocycles. The first kappa shape index (κ1) is 16.5. The van der Waals surface area contributed by atoms with E-state index >= 15 is 0 Å². The Morgan fingerprint density at radius 2 is 2.05 bits per heavy atom. The largest absolute Gasteiger partial charge is 0.349 e. The van der Waals surface area contributed by atoms with E-state index in [1.807, 2.05) is 0 Å². The van der Waals surface area contributed by atoms with Gasteiger partial charge in [0.25, 0.3) is 0 Å². The fraction of sp³-hybridized carbons (Fsp3) is 0.231. The third kappa shape index (κ3) is 4.33. The number of benzene rings is 1. The lowest BCUT2D eigenvalue weighted by Gasteiger charge is -2.14. The molecule has 2 N–H and O–H groups in total. The van der Waals surface area contributed by atoms with E-state index in [2.05, 4.69) is 15.0 Å². The van der Waals surface area contributed by atoms with Crippen LogP contribution in [0.25, 0.3) is 0 Å². The predicted molar refractivity (Wildman–Crippen MR) is 80.1 cm³/mol. The maximum absolute atomic E-state index is 12.8. The number of hydrogen-bond acceptors (Lipinski definition) is 5. The minimum Gasteiger partial charge on any atom is -0.349 e. The molecule has 1 amide bonds. The molecule has 1 heterocycles. The maximum Gasteiger partial charge on any atom is 0.241 e. The van der Waals surface area contributed by atoms with Crippen LogP contribution in [0.1, 0.15) is 12.6 Å². The summed E-state index contributed by atoms with van der Waals surface area (Å²) < 4.78 is 39.2. The van der Waals surface area contributed by atoms with Gasteiger partial charge in [-0.05, 0) is 31.2 Å². The molecule has 0 aliphatic carbocycles. The van der Waals surface area contributed by atoms with E-state index in [0.29, 0.717) is 5.69 Å². The minimum atomic E-state index is -3.88. The molecule has 0 radical (unpaired) electrons. The maximum atomic E-state index is 12.8. The molecule has 0 spiro atoms. The average Bonchev–Trinajstić information content (AvgIpc) is 2.98. The summed E-state index contributed by atoms with van der Waals surface area (Å²) in [7, 11) is -3.88. The molecule has 0 bridgehead atoms. The van der Waals surface area contributed by atoms with Gasteiger partial charge in [-0.25, -0.2) is 17.8 Å². The van der Waals surface area contributed by atoms with Crippen LogP contribution in [0.2, 0.25) is 0 Å². The molecule has 2 rings (SSSR count). The third-order valence-electron chi connectivity index (χ3n) is 2.78. The van der Waals surface area contributed by atoms with Crippen molar-refractivity contribution in [2.24, 2.45) is 0 Å². The van der Waals surface area contributed by atoms with E-state index in [1.165, 1.54) is 18.3 Å². The molecule has 0 fully saturated rings. The van der Waals surface area contributed by atoms with Crippen LogP contribution in [0.15, 0.2) is 40.1 Å². The molecule has 6 nitrogen and oxygen atoms in total. The quantitative estimate of drug-likeness (QED) is 0.827. The fourth-order valence-electron chi connectivity index (χ4n) is 1.62. The van der Waals surface area contributed by atoms with Crippen LogP contribution >= 0.6 is 11.3 Å². The summed E-state index contributed by atoms with van der Waals surface area (Å²) in [4.78, 5) is 15.8. The van der Waals surface area contributed by atoms with Crippen LogP contribution in [0.5, 0.6) is 0 Å². The molecule has 1 aromatic carbocycles. The summed E-state index contributed by atoms with van der Waals surface area (Å²) in [6, 6.07) is 3.40. The van der Waals surface area contributed by atoms with Gasteiger partial charge in [0.1, 0.15) is 5.82 Å². The van der Waals surface area contributed by atoms with Crippen molar-refractivity contribution in [2.45, 2.75) is 24.4 Å². The Balaban J connectivity index is 1.96. The number of hydrogen-bond donors (Lipinski definition) is 2. The highest BCUT2D eigenvalue weighted by molar-refractivity contribution is 7.89. The second-order valence-electron chi connectivity index (χ2n) is 4.49. The number of nitrogens with zero attached hydrogens (tertiary/aromatic N) is 1. The first-order valence-corrected chi connectivity index (χ1v) is 8.74. The van der Waals surface area contributed by atoms with Crippen molar-refractivity contribution in [3.05, 3.63) is 46.7 Å². The van der Waals surface area contributed by atoms with Crippen molar-refractivity contribution in [2.75, 3.05) is 0 Å². The van der Waals surface area contributed by atoms with E-state index < -0.39 is 27.8 Å². The summed E-state index contributed by atoms with van der Waals surface area (Å²) in [5, 5.41) is 4.37. The molecule has 0 saturated heterocycles. The van der Waals surface area contributed by atoms with E-state index in [1.54, 1.807) is 10.9 Å². The van der Waals surface area contributed by atoms with E-state index in [-0.39, 0.29) is 11.4 Å². The van der Waals surface area contributed by atoms with Crippen molar-refractivity contribution in [1.82, 2.24) is 15.0 Å². The minimum absolute atomic E-state index is 0.104. The van der Waals surface area contributed by atoms with Gasteiger partial charge in [0.15, 0.2) is 0 Å². The summed E-state index contributed by atoms with van der Waals surface area (Å²) in [6.45, 7) is 1.66. The molecule has 0 aliphatic rings. The topological polar surface area (TPSA) is 88.2 Å². The zero-order valence-electron chi connectivity index (χ0n) is 11.6. The average molecular weight is 343 g/mol. The van der Waals surface area contributed by atoms with Gasteiger partial charge in [0.2, 0.25) is 15.9 Å². The number of carbonyl (C=O) groups excluding carboxylic acids is 1. The molecule has 1 unspecified atom stereocenters. The second-order valence-corrected chi connectivity index (χ2v) is 6.93. The first-order chi connectivity index (χ1) is 10.4. The number of aromatic nitrogens is 1. The molecule has 2 aromatic rings. The zero-order valence-corrected chi connectivity index (χ0v) is 13.2. The number of halogens is 1. The van der Waals surface area contributed by atoms with Gasteiger partial charge < -0.3 is 5.32 Å². The molecular formula is C13H14FN3O3S2. The summed E-state index contributed by atoms with van der Waals surface area (Å²) in [5.41, 5.74) is 2.34. The number of rotatable bonds is 6. The SMILES string of the molecule is CC(NS(=O)(=O)c1ccc(F)cc1)C(=O)NCc1cscn1. The lowest BCUT2D eigenvalue weighted by atomic mass is 10.3. The van der Waals surface area contributed by atoms with Crippen molar-refractivity contribution >= 4 is 27.3 Å². The van der Waals surface area contributed by atoms with E-state index in [0.717, 1.165) is 24.3 Å². The Bertz CT molecular complexity index is 730. The Kier molecular flexibility index (Phi) is 5.22. The lowest BCUT2D eigenvalue weighted by Crippen LogP contribution is -2.44. The number of amides is 1. The molecule has 9 heteroatoms. The van der Waals surface area contributed by atoms with Gasteiger partial charge in [0, 0.05) is 5.38 Å². The Labute approximate surface area is 131 Å². The van der Waals surface area contributed by atoms with Crippen LogP contribution in [0, 0.1) is 5.82 Å². The molecular weight excluding hydrogens is 329 g/mol. The smallest absolute Gasteiger partial charge is 0.241 e. The van der Waals surface area contributed by atoms with Crippen LogP contribution in [0.3, 0.4) is 0 Å². The molecule has 1 atom stereocenters. The monoisotopic (exact) mass is 343 g/mol. The number of thiazole rings is 1. The van der Waals surface area contributed by atoms with Gasteiger partial charge in [0.05, 0.1) is 28.7 Å². The van der Waals surface area contributed by atoms with Crippen molar-refractivity contribution in [1.29, 1.82) is 0 Å². The predicted octanol–water partition coefficient (Wildman–Crippen LogP) is 1.27. The van der Waals surface area contributed by atoms with Gasteiger partial charge in [-0.3, -0.25) is 4.79 Å². The zero-order chi connectivity index (χ0) is 16.2. The summed E-state index contributed by atoms with van der Waals surface area (Å²) >= 11 is 1.40. The second kappa shape index (κ2) is 6.95. The number of sulfonamides is 1. The van der Waals surface area contributed by atoms with Crippen LogP contribution in [0.4, 0.5) is 4.39 Å². The van der Waals surface area contributed by atoms with Gasteiger partial charge in [-0.15, -0.1) is 11.3 Å². The normalized spacial score (nSPS) is 12.8. The Hall–Kier alpha value is -1.84. The van der Waals surface area contributed by atoms with Crippen molar-refractivity contribution in [3.8, 4) is 0 Å². The van der Waals surface area contributed by atoms with Crippen LogP contribution < -0.4 is 10.0 Å². The fourth-order valence-corrected chi connectivity index (χ4v) is 3.38. The Morgan fingerprint density at radius 3 is 2.64 bits per heavy atom. The highest BCUT2D eigenvalue weighted by atomic mass is 32.2. The molecule has 118 valence electrons. The highest BCUT2D eigenvalue weighted by Gasteiger charge is 2.21. The lowest BCUT2D eigenvalue weighted by molar-refractivity contribution is -0.122. The first-order valence-electron chi connectivity index (χ1n) is 6.31. The standard InChI is InChI=1S/C13H14FN3O3S2/c1-9(13(18)15-6-11-7-21-8-16-11)17-22(19,20)12-4-2-10(14)3-5-12/h2-5,7-9,17H,6H2,1H3,(H,15,18). The van der Waals surface area contributed by atoms with Gasteiger partial charge in [-0.1, -0.05) is 0 Å².